The van der Waals surface area contributed by atoms with E-state index in [-0.39, 0.29) is 10.5 Å². The lowest BCUT2D eigenvalue weighted by atomic mass is 10.0. The summed E-state index contributed by atoms with van der Waals surface area (Å²) in [6.45, 7) is 2.55. The van der Waals surface area contributed by atoms with Crippen LogP contribution in [0, 0.1) is 0 Å². The van der Waals surface area contributed by atoms with Gasteiger partial charge in [-0.05, 0) is 60.7 Å². The normalized spacial score (nSPS) is 11.3. The van der Waals surface area contributed by atoms with Crippen molar-refractivity contribution in [3.63, 3.8) is 0 Å². The second-order valence-corrected chi connectivity index (χ2v) is 10.7. The molecular weight excluding hydrogens is 474 g/mol. The van der Waals surface area contributed by atoms with Crippen LogP contribution in [0.25, 0.3) is 0 Å². The fraction of sp³-hybridized carbons (Fsp3) is 0.345. The number of sulfonamides is 1. The van der Waals surface area contributed by atoms with E-state index in [2.05, 4.69) is 6.92 Å². The number of methoxy groups -OCH3 is 1. The van der Waals surface area contributed by atoms with Crippen LogP contribution in [-0.2, 0) is 22.9 Å². The smallest absolute Gasteiger partial charge is 0.335 e. The lowest BCUT2D eigenvalue weighted by Crippen LogP contribution is -2.33. The van der Waals surface area contributed by atoms with Gasteiger partial charge in [-0.25, -0.2) is 13.2 Å². The Hall–Kier alpha value is -3.32. The molecule has 0 saturated heterocycles. The van der Waals surface area contributed by atoms with Crippen molar-refractivity contribution in [1.82, 2.24) is 0 Å². The number of hydrogen-bond donors (Lipinski definition) is 1. The summed E-state index contributed by atoms with van der Waals surface area (Å²) < 4.78 is 34.5. The van der Waals surface area contributed by atoms with Crippen LogP contribution in [0.5, 0.6) is 5.75 Å². The third-order valence-electron chi connectivity index (χ3n) is 6.24. The molecule has 0 bridgehead atoms. The second kappa shape index (κ2) is 13.1. The van der Waals surface area contributed by atoms with E-state index in [4.69, 9.17) is 9.84 Å². The molecule has 0 aromatic heterocycles. The molecule has 0 saturated carbocycles. The number of hydrogen-bond acceptors (Lipinski definition) is 4. The first-order chi connectivity index (χ1) is 17.4. The molecule has 0 amide bonds. The number of nitrogens with zero attached hydrogens (tertiary/aromatic N) is 1. The minimum Gasteiger partial charge on any atom is -0.497 e. The Morgan fingerprint density at radius 1 is 0.889 bits per heavy atom. The Balaban J connectivity index is 1.90. The maximum atomic E-state index is 13.9. The van der Waals surface area contributed by atoms with Crippen molar-refractivity contribution in [1.29, 1.82) is 0 Å². The molecule has 7 heteroatoms. The van der Waals surface area contributed by atoms with E-state index in [1.54, 1.807) is 36.4 Å². The van der Waals surface area contributed by atoms with Gasteiger partial charge in [-0.3, -0.25) is 4.31 Å². The van der Waals surface area contributed by atoms with Crippen molar-refractivity contribution in [3.05, 3.63) is 89.5 Å². The fourth-order valence-corrected chi connectivity index (χ4v) is 5.75. The van der Waals surface area contributed by atoms with Crippen LogP contribution in [0.15, 0.2) is 77.7 Å². The van der Waals surface area contributed by atoms with Gasteiger partial charge in [0, 0.05) is 12.6 Å². The van der Waals surface area contributed by atoms with E-state index in [0.29, 0.717) is 30.8 Å². The van der Waals surface area contributed by atoms with Gasteiger partial charge < -0.3 is 9.84 Å². The number of ether oxygens (including phenoxy) is 1. The zero-order chi connectivity index (χ0) is 26.0. The van der Waals surface area contributed by atoms with Gasteiger partial charge in [-0.15, -0.1) is 0 Å². The standard InChI is InChI=1S/C29H35NO5S/c1-3-4-5-6-9-21-30(36(33,34)27-13-10-12-26(22-27)35-2)28-14-8-7-11-24(28)18-15-23-16-19-25(20-17-23)29(31)32/h7-8,10-14,16-17,19-20,22H,3-6,9,15,18,21H2,1-2H3,(H,31,32). The summed E-state index contributed by atoms with van der Waals surface area (Å²) >= 11 is 0. The molecule has 0 atom stereocenters. The van der Waals surface area contributed by atoms with Gasteiger partial charge in [0.15, 0.2) is 0 Å². The first-order valence-corrected chi connectivity index (χ1v) is 13.9. The number of anilines is 1. The lowest BCUT2D eigenvalue weighted by molar-refractivity contribution is 0.0697. The van der Waals surface area contributed by atoms with E-state index in [9.17, 15) is 13.2 Å². The summed E-state index contributed by atoms with van der Waals surface area (Å²) in [4.78, 5) is 11.3. The number of benzene rings is 3. The van der Waals surface area contributed by atoms with Gasteiger partial charge >= 0.3 is 5.97 Å². The van der Waals surface area contributed by atoms with Gasteiger partial charge in [0.25, 0.3) is 10.0 Å². The Labute approximate surface area is 214 Å². The number of aromatic carboxylic acids is 1. The Morgan fingerprint density at radius 3 is 2.31 bits per heavy atom. The highest BCUT2D eigenvalue weighted by molar-refractivity contribution is 7.92. The third kappa shape index (κ3) is 7.10. The van der Waals surface area contributed by atoms with Crippen LogP contribution in [0.2, 0.25) is 0 Å². The van der Waals surface area contributed by atoms with Gasteiger partial charge in [0.1, 0.15) is 5.75 Å². The van der Waals surface area contributed by atoms with Crippen LogP contribution in [0.1, 0.15) is 60.5 Å². The summed E-state index contributed by atoms with van der Waals surface area (Å²) in [7, 11) is -2.29. The molecule has 6 nitrogen and oxygen atoms in total. The first-order valence-electron chi connectivity index (χ1n) is 12.4. The average Bonchev–Trinajstić information content (AvgIpc) is 2.90. The molecule has 0 radical (unpaired) electrons. The Kier molecular flexibility index (Phi) is 9.94. The third-order valence-corrected chi connectivity index (χ3v) is 8.05. The monoisotopic (exact) mass is 509 g/mol. The number of carboxylic acid groups (broad SMARTS) is 1. The summed E-state index contributed by atoms with van der Waals surface area (Å²) in [5.74, 6) is -0.457. The topological polar surface area (TPSA) is 83.9 Å². The SMILES string of the molecule is CCCCCCCN(c1ccccc1CCc1ccc(C(=O)O)cc1)S(=O)(=O)c1cccc(OC)c1. The molecule has 1 N–H and O–H groups in total. The van der Waals surface area contributed by atoms with Crippen molar-refractivity contribution in [2.24, 2.45) is 0 Å². The number of carbonyl (C=O) groups is 1. The van der Waals surface area contributed by atoms with Gasteiger partial charge in [0.05, 0.1) is 23.3 Å². The van der Waals surface area contributed by atoms with Gasteiger partial charge in [0.2, 0.25) is 0 Å². The van der Waals surface area contributed by atoms with Crippen molar-refractivity contribution >= 4 is 21.7 Å². The second-order valence-electron chi connectivity index (χ2n) is 8.80. The van der Waals surface area contributed by atoms with Crippen LogP contribution >= 0.6 is 0 Å². The number of para-hydroxylation sites is 1. The van der Waals surface area contributed by atoms with E-state index in [1.807, 2.05) is 36.4 Å². The number of unbranched alkanes of at least 4 members (excludes halogenated alkanes) is 4. The summed E-state index contributed by atoms with van der Waals surface area (Å²) in [5.41, 5.74) is 2.85. The molecule has 0 fully saturated rings. The van der Waals surface area contributed by atoms with Crippen LogP contribution in [0.3, 0.4) is 0 Å². The largest absolute Gasteiger partial charge is 0.497 e. The fourth-order valence-electron chi connectivity index (χ4n) is 4.18. The van der Waals surface area contributed by atoms with Crippen LogP contribution in [-0.4, -0.2) is 33.1 Å². The molecule has 36 heavy (non-hydrogen) atoms. The highest BCUT2D eigenvalue weighted by atomic mass is 32.2. The molecule has 192 valence electrons. The summed E-state index contributed by atoms with van der Waals surface area (Å²) in [6, 6.07) is 21.0. The minimum absolute atomic E-state index is 0.203. The van der Waals surface area contributed by atoms with Crippen LogP contribution in [0.4, 0.5) is 5.69 Å². The van der Waals surface area contributed by atoms with Gasteiger partial charge in [-0.1, -0.05) is 69.0 Å². The maximum Gasteiger partial charge on any atom is 0.335 e. The highest BCUT2D eigenvalue weighted by Crippen LogP contribution is 2.30. The predicted molar refractivity (Wildman–Crippen MR) is 144 cm³/mol. The quantitative estimate of drug-likeness (QED) is 0.256. The maximum absolute atomic E-state index is 13.9. The van der Waals surface area contributed by atoms with Gasteiger partial charge in [-0.2, -0.15) is 0 Å². The van der Waals surface area contributed by atoms with E-state index < -0.39 is 16.0 Å². The minimum atomic E-state index is -3.81. The molecule has 3 rings (SSSR count). The number of aryl methyl sites for hydroxylation is 2. The number of rotatable bonds is 14. The Morgan fingerprint density at radius 2 is 1.61 bits per heavy atom. The molecule has 0 aliphatic carbocycles. The van der Waals surface area contributed by atoms with Crippen LogP contribution < -0.4 is 9.04 Å². The number of carboxylic acids is 1. The van der Waals surface area contributed by atoms with Crippen molar-refractivity contribution in [2.45, 2.75) is 56.8 Å². The lowest BCUT2D eigenvalue weighted by Gasteiger charge is -2.27. The zero-order valence-electron chi connectivity index (χ0n) is 21.0. The highest BCUT2D eigenvalue weighted by Gasteiger charge is 2.26. The zero-order valence-corrected chi connectivity index (χ0v) is 21.8. The van der Waals surface area contributed by atoms with E-state index in [1.165, 1.54) is 11.4 Å². The van der Waals surface area contributed by atoms with E-state index in [0.717, 1.165) is 43.2 Å². The van der Waals surface area contributed by atoms with E-state index >= 15 is 0 Å². The molecule has 0 heterocycles. The molecule has 3 aromatic rings. The molecule has 0 aliphatic rings. The van der Waals surface area contributed by atoms with Crippen molar-refractivity contribution in [3.8, 4) is 5.75 Å². The van der Waals surface area contributed by atoms with Crippen molar-refractivity contribution < 1.29 is 23.1 Å². The molecule has 0 spiro atoms. The molecule has 3 aromatic carbocycles. The molecular formula is C29H35NO5S. The molecule has 0 aliphatic heterocycles. The van der Waals surface area contributed by atoms with Crippen molar-refractivity contribution in [2.75, 3.05) is 18.0 Å². The molecule has 0 unspecified atom stereocenters. The predicted octanol–water partition coefficient (Wildman–Crippen LogP) is 6.34. The first kappa shape index (κ1) is 27.3. The summed E-state index contributed by atoms with van der Waals surface area (Å²) in [6.07, 6.45) is 6.38. The summed E-state index contributed by atoms with van der Waals surface area (Å²) in [5, 5.41) is 9.13. The Bertz CT molecular complexity index is 1240. The average molecular weight is 510 g/mol.